The minimum absolute atomic E-state index is 0.0225. The second-order valence-corrected chi connectivity index (χ2v) is 7.21. The van der Waals surface area contributed by atoms with E-state index in [1.807, 2.05) is 38.1 Å². The van der Waals surface area contributed by atoms with Crippen LogP contribution in [0.3, 0.4) is 0 Å². The van der Waals surface area contributed by atoms with E-state index in [9.17, 15) is 9.59 Å². The van der Waals surface area contributed by atoms with Gasteiger partial charge in [0, 0.05) is 10.9 Å². The van der Waals surface area contributed by atoms with Crippen molar-refractivity contribution in [1.82, 2.24) is 14.5 Å². The second kappa shape index (κ2) is 7.64. The lowest BCUT2D eigenvalue weighted by Gasteiger charge is -2.11. The van der Waals surface area contributed by atoms with Crippen molar-refractivity contribution in [2.45, 2.75) is 27.0 Å². The number of pyridine rings is 1. The van der Waals surface area contributed by atoms with Gasteiger partial charge in [0.05, 0.1) is 22.7 Å². The maximum atomic E-state index is 12.4. The average molecular weight is 408 g/mol. The number of halogens is 1. The van der Waals surface area contributed by atoms with Crippen LogP contribution in [0.25, 0.3) is 21.9 Å². The van der Waals surface area contributed by atoms with Crippen molar-refractivity contribution in [3.8, 4) is 0 Å². The summed E-state index contributed by atoms with van der Waals surface area (Å²) < 4.78 is 6.72. The molecular formula is C22H18ClN3O3. The predicted octanol–water partition coefficient (Wildman–Crippen LogP) is 3.96. The van der Waals surface area contributed by atoms with Gasteiger partial charge in [0.25, 0.3) is 5.56 Å². The quantitative estimate of drug-likeness (QED) is 0.378. The van der Waals surface area contributed by atoms with Crippen LogP contribution in [-0.2, 0) is 22.7 Å². The molecule has 0 saturated heterocycles. The maximum Gasteiger partial charge on any atom is 0.326 e. The molecule has 0 atom stereocenters. The fourth-order valence-corrected chi connectivity index (χ4v) is 3.41. The summed E-state index contributed by atoms with van der Waals surface area (Å²) in [7, 11) is 0. The molecule has 4 rings (SSSR count). The number of aromatic nitrogens is 3. The summed E-state index contributed by atoms with van der Waals surface area (Å²) >= 11 is 6.31. The number of aryl methyl sites for hydroxylation is 2. The molecule has 0 saturated carbocycles. The first-order chi connectivity index (χ1) is 13.9. The molecule has 0 aliphatic rings. The van der Waals surface area contributed by atoms with E-state index < -0.39 is 5.97 Å². The Morgan fingerprint density at radius 2 is 1.97 bits per heavy atom. The van der Waals surface area contributed by atoms with Crippen molar-refractivity contribution in [2.24, 2.45) is 0 Å². The molecule has 0 aliphatic carbocycles. The number of hydrogen-bond acceptors (Lipinski definition) is 5. The van der Waals surface area contributed by atoms with Crippen LogP contribution in [0.5, 0.6) is 0 Å². The first kappa shape index (κ1) is 19.1. The van der Waals surface area contributed by atoms with E-state index in [1.165, 1.54) is 10.8 Å². The average Bonchev–Trinajstić information content (AvgIpc) is 2.72. The maximum absolute atomic E-state index is 12.4. The number of carbonyl (C=O) groups excluding carboxylic acids is 1. The van der Waals surface area contributed by atoms with Crippen molar-refractivity contribution in [2.75, 3.05) is 0 Å². The third-order valence-corrected chi connectivity index (χ3v) is 5.29. The van der Waals surface area contributed by atoms with E-state index in [2.05, 4.69) is 9.97 Å². The van der Waals surface area contributed by atoms with E-state index in [0.29, 0.717) is 21.7 Å². The fraction of sp³-hybridized carbons (Fsp3) is 0.182. The lowest BCUT2D eigenvalue weighted by molar-refractivity contribution is -0.145. The Kier molecular flexibility index (Phi) is 5.03. The Hall–Kier alpha value is -3.25. The summed E-state index contributed by atoms with van der Waals surface area (Å²) in [5.41, 5.74) is 4.49. The zero-order valence-corrected chi connectivity index (χ0v) is 16.7. The molecule has 4 aromatic rings. The number of carbonyl (C=O) groups is 1. The van der Waals surface area contributed by atoms with E-state index in [-0.39, 0.29) is 18.7 Å². The molecule has 0 N–H and O–H groups in total. The van der Waals surface area contributed by atoms with Crippen molar-refractivity contribution < 1.29 is 9.53 Å². The molecule has 0 aliphatic heterocycles. The number of fused-ring (bicyclic) bond motifs is 2. The van der Waals surface area contributed by atoms with E-state index in [1.54, 1.807) is 18.2 Å². The molecule has 6 nitrogen and oxygen atoms in total. The number of rotatable bonds is 4. The molecule has 2 aromatic carbocycles. The molecule has 29 heavy (non-hydrogen) atoms. The highest BCUT2D eigenvalue weighted by Crippen LogP contribution is 2.25. The number of para-hydroxylation sites is 2. The van der Waals surface area contributed by atoms with Crippen molar-refractivity contribution in [3.63, 3.8) is 0 Å². The van der Waals surface area contributed by atoms with Gasteiger partial charge in [0.15, 0.2) is 0 Å². The Labute approximate surface area is 171 Å². The summed E-state index contributed by atoms with van der Waals surface area (Å²) in [6.45, 7) is 3.78. The third-order valence-electron chi connectivity index (χ3n) is 4.97. The molecule has 2 heterocycles. The second-order valence-electron chi connectivity index (χ2n) is 6.85. The van der Waals surface area contributed by atoms with Crippen molar-refractivity contribution in [3.05, 3.63) is 80.9 Å². The number of benzene rings is 2. The highest BCUT2D eigenvalue weighted by atomic mass is 35.5. The van der Waals surface area contributed by atoms with Crippen LogP contribution >= 0.6 is 11.6 Å². The normalized spacial score (nSPS) is 11.1. The van der Waals surface area contributed by atoms with Gasteiger partial charge in [-0.05, 0) is 43.2 Å². The van der Waals surface area contributed by atoms with E-state index in [0.717, 1.165) is 22.0 Å². The van der Waals surface area contributed by atoms with Crippen LogP contribution in [0, 0.1) is 13.8 Å². The summed E-state index contributed by atoms with van der Waals surface area (Å²) in [5.74, 6) is -0.542. The molecule has 0 amide bonds. The van der Waals surface area contributed by atoms with Crippen molar-refractivity contribution >= 4 is 39.5 Å². The molecule has 0 radical (unpaired) electrons. The Morgan fingerprint density at radius 3 is 2.79 bits per heavy atom. The van der Waals surface area contributed by atoms with Gasteiger partial charge in [-0.2, -0.15) is 0 Å². The molecule has 0 bridgehead atoms. The fourth-order valence-electron chi connectivity index (χ4n) is 3.22. The van der Waals surface area contributed by atoms with Gasteiger partial charge in [-0.1, -0.05) is 35.9 Å². The summed E-state index contributed by atoms with van der Waals surface area (Å²) in [6, 6.07) is 13.0. The van der Waals surface area contributed by atoms with Crippen LogP contribution < -0.4 is 5.56 Å². The number of esters is 1. The topological polar surface area (TPSA) is 74.1 Å². The minimum atomic E-state index is -0.542. The lowest BCUT2D eigenvalue weighted by Crippen LogP contribution is -2.25. The molecule has 0 unspecified atom stereocenters. The smallest absolute Gasteiger partial charge is 0.326 e. The molecule has 0 fully saturated rings. The first-order valence-corrected chi connectivity index (χ1v) is 9.47. The van der Waals surface area contributed by atoms with Crippen LogP contribution in [0.1, 0.15) is 16.7 Å². The molecule has 0 spiro atoms. The summed E-state index contributed by atoms with van der Waals surface area (Å²) in [5, 5.41) is 1.23. The van der Waals surface area contributed by atoms with Crippen LogP contribution in [0.4, 0.5) is 0 Å². The Bertz CT molecular complexity index is 1310. The largest absolute Gasteiger partial charge is 0.459 e. The highest BCUT2D eigenvalue weighted by Gasteiger charge is 2.13. The van der Waals surface area contributed by atoms with Crippen LogP contribution in [-0.4, -0.2) is 20.5 Å². The number of hydrogen-bond donors (Lipinski definition) is 0. The van der Waals surface area contributed by atoms with Gasteiger partial charge in [0.2, 0.25) is 0 Å². The zero-order chi connectivity index (χ0) is 20.5. The Morgan fingerprint density at radius 1 is 1.17 bits per heavy atom. The van der Waals surface area contributed by atoms with E-state index >= 15 is 0 Å². The lowest BCUT2D eigenvalue weighted by atomic mass is 10.0. The summed E-state index contributed by atoms with van der Waals surface area (Å²) in [4.78, 5) is 33.1. The summed E-state index contributed by atoms with van der Waals surface area (Å²) in [6.07, 6.45) is 1.20. The van der Waals surface area contributed by atoms with E-state index in [4.69, 9.17) is 16.3 Å². The highest BCUT2D eigenvalue weighted by molar-refractivity contribution is 6.30. The zero-order valence-electron chi connectivity index (χ0n) is 16.0. The molecule has 146 valence electrons. The minimum Gasteiger partial charge on any atom is -0.459 e. The van der Waals surface area contributed by atoms with Crippen LogP contribution in [0.2, 0.25) is 5.15 Å². The Balaban J connectivity index is 1.55. The van der Waals surface area contributed by atoms with Gasteiger partial charge in [-0.3, -0.25) is 14.2 Å². The SMILES string of the molecule is Cc1ccc2cc(COC(=O)Cn3c(=O)cnc4ccccc43)c(Cl)nc2c1C. The van der Waals surface area contributed by atoms with Gasteiger partial charge < -0.3 is 4.74 Å². The van der Waals surface area contributed by atoms with Crippen molar-refractivity contribution in [1.29, 1.82) is 0 Å². The monoisotopic (exact) mass is 407 g/mol. The van der Waals surface area contributed by atoms with Gasteiger partial charge >= 0.3 is 5.97 Å². The standard InChI is InChI=1S/C22H18ClN3O3/c1-13-7-8-15-9-16(22(23)25-21(15)14(13)2)12-29-20(28)11-26-18-6-4-3-5-17(18)24-10-19(26)27/h3-10H,11-12H2,1-2H3. The third kappa shape index (κ3) is 3.71. The molecule has 2 aromatic heterocycles. The molecular weight excluding hydrogens is 390 g/mol. The van der Waals surface area contributed by atoms with Crippen LogP contribution in [0.15, 0.2) is 53.5 Å². The first-order valence-electron chi connectivity index (χ1n) is 9.09. The predicted molar refractivity (Wildman–Crippen MR) is 112 cm³/mol. The number of nitrogens with zero attached hydrogens (tertiary/aromatic N) is 3. The van der Waals surface area contributed by atoms with Gasteiger partial charge in [-0.25, -0.2) is 9.97 Å². The number of ether oxygens (including phenoxy) is 1. The van der Waals surface area contributed by atoms with Gasteiger partial charge in [0.1, 0.15) is 18.3 Å². The molecule has 7 heteroatoms. The van der Waals surface area contributed by atoms with Gasteiger partial charge in [-0.15, -0.1) is 0 Å².